The van der Waals surface area contributed by atoms with Crippen molar-refractivity contribution in [2.24, 2.45) is 0 Å². The molecule has 0 atom stereocenters. The number of rotatable bonds is 4. The summed E-state index contributed by atoms with van der Waals surface area (Å²) in [6.45, 7) is 7.11. The van der Waals surface area contributed by atoms with Crippen LogP contribution in [0.3, 0.4) is 0 Å². The smallest absolute Gasteiger partial charge is 0.158 e. The van der Waals surface area contributed by atoms with Gasteiger partial charge in [-0.3, -0.25) is 0 Å². The van der Waals surface area contributed by atoms with Crippen molar-refractivity contribution in [1.82, 2.24) is 0 Å². The van der Waals surface area contributed by atoms with E-state index in [2.05, 4.69) is 0 Å². The van der Waals surface area contributed by atoms with E-state index in [1.165, 1.54) is 0 Å². The average Bonchev–Trinajstić information content (AvgIpc) is 2.21. The van der Waals surface area contributed by atoms with E-state index in [4.69, 9.17) is 10.5 Å². The number of ether oxygens (including phenoxy) is 1. The molecule has 0 unspecified atom stereocenters. The minimum absolute atomic E-state index is 0.0138. The van der Waals surface area contributed by atoms with E-state index < -0.39 is 14.6 Å². The van der Waals surface area contributed by atoms with Gasteiger partial charge >= 0.3 is 0 Å². The quantitative estimate of drug-likeness (QED) is 0.852. The number of nitrogens with two attached hydrogens (primary N) is 1. The van der Waals surface area contributed by atoms with Crippen LogP contribution in [0.25, 0.3) is 0 Å². The van der Waals surface area contributed by atoms with Gasteiger partial charge in [-0.05, 0) is 51.5 Å². The van der Waals surface area contributed by atoms with Crippen LogP contribution >= 0.6 is 0 Å². The Morgan fingerprint density at radius 2 is 1.89 bits per heavy atom. The maximum Gasteiger partial charge on any atom is 0.158 e. The van der Waals surface area contributed by atoms with Gasteiger partial charge < -0.3 is 10.5 Å². The predicted molar refractivity (Wildman–Crippen MR) is 74.6 cm³/mol. The van der Waals surface area contributed by atoms with E-state index in [0.717, 1.165) is 5.56 Å². The molecular formula is C13H21NO3S. The monoisotopic (exact) mass is 271 g/mol. The molecule has 1 aromatic rings. The molecule has 0 aliphatic rings. The van der Waals surface area contributed by atoms with Gasteiger partial charge in [0.25, 0.3) is 0 Å². The Balaban J connectivity index is 2.60. The molecule has 0 saturated carbocycles. The van der Waals surface area contributed by atoms with Crippen molar-refractivity contribution < 1.29 is 13.2 Å². The molecule has 0 bridgehead atoms. The lowest BCUT2D eigenvalue weighted by Crippen LogP contribution is -2.32. The molecule has 2 N–H and O–H groups in total. The van der Waals surface area contributed by atoms with Gasteiger partial charge in [0, 0.05) is 5.69 Å². The number of nitrogen functional groups attached to an aromatic ring is 1. The van der Waals surface area contributed by atoms with Crippen molar-refractivity contribution in [2.75, 3.05) is 18.1 Å². The Kier molecular flexibility index (Phi) is 4.27. The number of anilines is 1. The number of aryl methyl sites for hydroxylation is 1. The first kappa shape index (κ1) is 14.8. The maximum atomic E-state index is 11.9. The summed E-state index contributed by atoms with van der Waals surface area (Å²) in [6.07, 6.45) is 0. The number of benzene rings is 1. The lowest BCUT2D eigenvalue weighted by atomic mass is 10.2. The number of hydrogen-bond acceptors (Lipinski definition) is 4. The largest absolute Gasteiger partial charge is 0.493 e. The highest BCUT2D eigenvalue weighted by Gasteiger charge is 2.28. The second-order valence-corrected chi connectivity index (χ2v) is 8.16. The molecule has 0 fully saturated rings. The van der Waals surface area contributed by atoms with Gasteiger partial charge in [0.1, 0.15) is 12.4 Å². The lowest BCUT2D eigenvalue weighted by molar-refractivity contribution is 0.339. The van der Waals surface area contributed by atoms with E-state index in [1.54, 1.807) is 39.0 Å². The van der Waals surface area contributed by atoms with Crippen LogP contribution in [0, 0.1) is 6.92 Å². The SMILES string of the molecule is Cc1cc(OCCS(=O)(=O)C(C)(C)C)ccc1N. The topological polar surface area (TPSA) is 69.4 Å². The maximum absolute atomic E-state index is 11.9. The summed E-state index contributed by atoms with van der Waals surface area (Å²) in [7, 11) is -3.14. The fourth-order valence-electron chi connectivity index (χ4n) is 1.31. The van der Waals surface area contributed by atoms with Crippen LogP contribution in [0.1, 0.15) is 26.3 Å². The van der Waals surface area contributed by atoms with Crippen molar-refractivity contribution in [3.05, 3.63) is 23.8 Å². The molecule has 0 amide bonds. The third kappa shape index (κ3) is 3.63. The molecule has 5 heteroatoms. The molecule has 1 rings (SSSR count). The number of sulfone groups is 1. The van der Waals surface area contributed by atoms with E-state index >= 15 is 0 Å². The molecule has 0 radical (unpaired) electrons. The fourth-order valence-corrected chi connectivity index (χ4v) is 2.23. The van der Waals surface area contributed by atoms with E-state index in [1.807, 2.05) is 6.92 Å². The first-order valence-electron chi connectivity index (χ1n) is 5.85. The summed E-state index contributed by atoms with van der Waals surface area (Å²) in [5, 5.41) is 0. The second-order valence-electron chi connectivity index (χ2n) is 5.30. The van der Waals surface area contributed by atoms with Crippen LogP contribution in [0.5, 0.6) is 5.75 Å². The predicted octanol–water partition coefficient (Wildman–Crippen LogP) is 2.17. The summed E-state index contributed by atoms with van der Waals surface area (Å²) >= 11 is 0. The minimum Gasteiger partial charge on any atom is -0.493 e. The Morgan fingerprint density at radius 3 is 2.39 bits per heavy atom. The third-order valence-corrected chi connectivity index (χ3v) is 5.37. The van der Waals surface area contributed by atoms with Crippen LogP contribution in [0.2, 0.25) is 0 Å². The standard InChI is InChI=1S/C13H21NO3S/c1-10-9-11(5-6-12(10)14)17-7-8-18(15,16)13(2,3)4/h5-6,9H,7-8,14H2,1-4H3. The highest BCUT2D eigenvalue weighted by atomic mass is 32.2. The zero-order valence-electron chi connectivity index (χ0n) is 11.4. The molecule has 0 spiro atoms. The van der Waals surface area contributed by atoms with Crippen LogP contribution in [-0.4, -0.2) is 25.5 Å². The summed E-state index contributed by atoms with van der Waals surface area (Å²) in [5.41, 5.74) is 7.31. The molecule has 0 aliphatic heterocycles. The molecular weight excluding hydrogens is 250 g/mol. The van der Waals surface area contributed by atoms with Gasteiger partial charge in [-0.25, -0.2) is 8.42 Å². The normalized spacial score (nSPS) is 12.4. The van der Waals surface area contributed by atoms with Crippen LogP contribution in [-0.2, 0) is 9.84 Å². The van der Waals surface area contributed by atoms with Gasteiger partial charge in [0.2, 0.25) is 0 Å². The van der Waals surface area contributed by atoms with Gasteiger partial charge in [-0.15, -0.1) is 0 Å². The van der Waals surface area contributed by atoms with Crippen molar-refractivity contribution in [3.8, 4) is 5.75 Å². The van der Waals surface area contributed by atoms with Gasteiger partial charge in [0.15, 0.2) is 9.84 Å². The van der Waals surface area contributed by atoms with Gasteiger partial charge in [-0.2, -0.15) is 0 Å². The minimum atomic E-state index is -3.14. The Bertz CT molecular complexity index is 516. The zero-order chi connectivity index (χ0) is 14.0. The van der Waals surface area contributed by atoms with E-state index in [-0.39, 0.29) is 12.4 Å². The van der Waals surface area contributed by atoms with Crippen molar-refractivity contribution in [3.63, 3.8) is 0 Å². The molecule has 0 saturated heterocycles. The summed E-state index contributed by atoms with van der Waals surface area (Å²) < 4.78 is 28.4. The van der Waals surface area contributed by atoms with Gasteiger partial charge in [0.05, 0.1) is 10.5 Å². The first-order chi connectivity index (χ1) is 8.13. The van der Waals surface area contributed by atoms with Crippen LogP contribution in [0.4, 0.5) is 5.69 Å². The second kappa shape index (κ2) is 5.18. The molecule has 0 heterocycles. The molecule has 0 aromatic heterocycles. The molecule has 4 nitrogen and oxygen atoms in total. The highest BCUT2D eigenvalue weighted by molar-refractivity contribution is 7.92. The molecule has 0 aliphatic carbocycles. The summed E-state index contributed by atoms with van der Waals surface area (Å²) in [5.74, 6) is 0.658. The highest BCUT2D eigenvalue weighted by Crippen LogP contribution is 2.20. The summed E-state index contributed by atoms with van der Waals surface area (Å²) in [4.78, 5) is 0. The Labute approximate surface area is 109 Å². The third-order valence-electron chi connectivity index (χ3n) is 2.80. The van der Waals surface area contributed by atoms with E-state index in [0.29, 0.717) is 11.4 Å². The number of hydrogen-bond donors (Lipinski definition) is 1. The van der Waals surface area contributed by atoms with Crippen molar-refractivity contribution >= 4 is 15.5 Å². The Morgan fingerprint density at radius 1 is 1.28 bits per heavy atom. The zero-order valence-corrected chi connectivity index (χ0v) is 12.2. The summed E-state index contributed by atoms with van der Waals surface area (Å²) in [6, 6.07) is 5.30. The van der Waals surface area contributed by atoms with E-state index in [9.17, 15) is 8.42 Å². The van der Waals surface area contributed by atoms with Crippen LogP contribution in [0.15, 0.2) is 18.2 Å². The lowest BCUT2D eigenvalue weighted by Gasteiger charge is -2.19. The average molecular weight is 271 g/mol. The first-order valence-corrected chi connectivity index (χ1v) is 7.50. The molecule has 1 aromatic carbocycles. The van der Waals surface area contributed by atoms with Gasteiger partial charge in [-0.1, -0.05) is 0 Å². The Hall–Kier alpha value is -1.23. The van der Waals surface area contributed by atoms with Crippen LogP contribution < -0.4 is 10.5 Å². The van der Waals surface area contributed by atoms with Crippen molar-refractivity contribution in [1.29, 1.82) is 0 Å². The fraction of sp³-hybridized carbons (Fsp3) is 0.538. The molecule has 18 heavy (non-hydrogen) atoms. The molecule has 102 valence electrons. The van der Waals surface area contributed by atoms with Crippen molar-refractivity contribution in [2.45, 2.75) is 32.4 Å².